The average molecular weight is 440 g/mol. The van der Waals surface area contributed by atoms with E-state index in [-0.39, 0.29) is 30.8 Å². The molecule has 0 radical (unpaired) electrons. The Morgan fingerprint density at radius 2 is 1.55 bits per heavy atom. The second kappa shape index (κ2) is 8.47. The first-order valence-corrected chi connectivity index (χ1v) is 11.0. The molecule has 0 unspecified atom stereocenters. The van der Waals surface area contributed by atoms with Crippen molar-refractivity contribution in [1.29, 1.82) is 0 Å². The van der Waals surface area contributed by atoms with Crippen LogP contribution in [0.2, 0.25) is 0 Å². The van der Waals surface area contributed by atoms with Crippen LogP contribution in [0.3, 0.4) is 0 Å². The number of hydrogen-bond acceptors (Lipinski definition) is 5. The lowest BCUT2D eigenvalue weighted by Gasteiger charge is -2.16. The smallest absolute Gasteiger partial charge is 0.278 e. The Balaban J connectivity index is 1.49. The minimum Gasteiger partial charge on any atom is -0.454 e. The summed E-state index contributed by atoms with van der Waals surface area (Å²) in [5.74, 6) is 0.601. The van der Waals surface area contributed by atoms with Crippen molar-refractivity contribution in [3.8, 4) is 11.5 Å². The van der Waals surface area contributed by atoms with E-state index in [0.717, 1.165) is 23.2 Å². The number of aryl methyl sites for hydroxylation is 2. The lowest BCUT2D eigenvalue weighted by Crippen LogP contribution is -2.32. The number of rotatable bonds is 6. The Kier molecular flexibility index (Phi) is 5.34. The van der Waals surface area contributed by atoms with Gasteiger partial charge in [0.25, 0.3) is 11.8 Å². The van der Waals surface area contributed by atoms with Gasteiger partial charge in [0, 0.05) is 5.69 Å². The largest absolute Gasteiger partial charge is 0.454 e. The first-order valence-electron chi connectivity index (χ1n) is 11.0. The molecule has 0 aliphatic carbocycles. The van der Waals surface area contributed by atoms with Gasteiger partial charge in [0.2, 0.25) is 6.79 Å². The molecule has 2 heterocycles. The number of fused-ring (bicyclic) bond motifs is 1. The Bertz CT molecular complexity index is 1260. The van der Waals surface area contributed by atoms with Crippen molar-refractivity contribution in [3.63, 3.8) is 0 Å². The number of nitrogens with zero attached hydrogens (tertiary/aromatic N) is 1. The fourth-order valence-electron chi connectivity index (χ4n) is 4.01. The van der Waals surface area contributed by atoms with Gasteiger partial charge in [-0.25, -0.2) is 0 Å². The number of hydrogen-bond donors (Lipinski definition) is 1. The number of nitrogens with one attached hydrogen (secondary N) is 1. The fraction of sp³-hybridized carbons (Fsp3) is 0.185. The summed E-state index contributed by atoms with van der Waals surface area (Å²) in [7, 11) is 0. The van der Waals surface area contributed by atoms with Crippen LogP contribution in [0.25, 0.3) is 5.57 Å². The van der Waals surface area contributed by atoms with Crippen molar-refractivity contribution in [1.82, 2.24) is 4.90 Å². The molecule has 3 aromatic rings. The molecule has 0 saturated carbocycles. The van der Waals surface area contributed by atoms with Gasteiger partial charge in [-0.3, -0.25) is 14.5 Å². The van der Waals surface area contributed by atoms with Crippen LogP contribution >= 0.6 is 0 Å². The summed E-state index contributed by atoms with van der Waals surface area (Å²) in [4.78, 5) is 28.2. The number of anilines is 1. The summed E-state index contributed by atoms with van der Waals surface area (Å²) in [6, 6.07) is 21.0. The molecule has 0 aromatic heterocycles. The van der Waals surface area contributed by atoms with Gasteiger partial charge < -0.3 is 14.8 Å². The van der Waals surface area contributed by atoms with Crippen LogP contribution in [-0.2, 0) is 22.6 Å². The van der Waals surface area contributed by atoms with Crippen molar-refractivity contribution >= 4 is 23.1 Å². The number of carbonyl (C=O) groups is 2. The second-order valence-corrected chi connectivity index (χ2v) is 8.18. The molecular weight excluding hydrogens is 416 g/mol. The third-order valence-electron chi connectivity index (χ3n) is 5.92. The molecule has 5 rings (SSSR count). The maximum Gasteiger partial charge on any atom is 0.278 e. The summed E-state index contributed by atoms with van der Waals surface area (Å²) in [6.45, 7) is 4.39. The highest BCUT2D eigenvalue weighted by Crippen LogP contribution is 2.35. The topological polar surface area (TPSA) is 67.9 Å². The molecule has 0 bridgehead atoms. The van der Waals surface area contributed by atoms with Gasteiger partial charge >= 0.3 is 0 Å². The first kappa shape index (κ1) is 20.8. The summed E-state index contributed by atoms with van der Waals surface area (Å²) >= 11 is 0. The first-order chi connectivity index (χ1) is 16.0. The highest BCUT2D eigenvalue weighted by atomic mass is 16.7. The molecule has 2 aliphatic rings. The molecule has 0 spiro atoms. The molecule has 0 atom stereocenters. The Hall–Kier alpha value is -4.06. The summed E-state index contributed by atoms with van der Waals surface area (Å²) in [5, 5.41) is 3.22. The monoisotopic (exact) mass is 440 g/mol. The molecule has 33 heavy (non-hydrogen) atoms. The van der Waals surface area contributed by atoms with Gasteiger partial charge in [0.05, 0.1) is 12.1 Å². The van der Waals surface area contributed by atoms with E-state index in [0.29, 0.717) is 22.6 Å². The quantitative estimate of drug-likeness (QED) is 0.564. The number of imide groups is 1. The molecule has 1 N–H and O–H groups in total. The van der Waals surface area contributed by atoms with E-state index in [1.54, 1.807) is 6.07 Å². The van der Waals surface area contributed by atoms with E-state index in [9.17, 15) is 9.59 Å². The highest BCUT2D eigenvalue weighted by molar-refractivity contribution is 6.36. The maximum absolute atomic E-state index is 13.5. The SMILES string of the molecule is CCc1ccc(NC2=C(c3ccc(C)cc3)C(=O)N(Cc3ccc4c(c3)OCO4)C2=O)cc1. The zero-order valence-electron chi connectivity index (χ0n) is 18.6. The van der Waals surface area contributed by atoms with Crippen LogP contribution in [0.15, 0.2) is 72.4 Å². The Morgan fingerprint density at radius 1 is 0.848 bits per heavy atom. The second-order valence-electron chi connectivity index (χ2n) is 8.18. The maximum atomic E-state index is 13.5. The average Bonchev–Trinajstić information content (AvgIpc) is 3.39. The van der Waals surface area contributed by atoms with E-state index in [2.05, 4.69) is 12.2 Å². The van der Waals surface area contributed by atoms with Crippen LogP contribution in [0.4, 0.5) is 5.69 Å². The van der Waals surface area contributed by atoms with Crippen molar-refractivity contribution in [2.24, 2.45) is 0 Å². The lowest BCUT2D eigenvalue weighted by atomic mass is 10.0. The van der Waals surface area contributed by atoms with Gasteiger partial charge in [0.1, 0.15) is 5.70 Å². The molecule has 2 amide bonds. The zero-order valence-corrected chi connectivity index (χ0v) is 18.6. The molecule has 166 valence electrons. The van der Waals surface area contributed by atoms with Gasteiger partial charge in [-0.05, 0) is 54.3 Å². The van der Waals surface area contributed by atoms with Crippen molar-refractivity contribution < 1.29 is 19.1 Å². The zero-order chi connectivity index (χ0) is 22.9. The predicted molar refractivity (Wildman–Crippen MR) is 126 cm³/mol. The van der Waals surface area contributed by atoms with Gasteiger partial charge in [0.15, 0.2) is 11.5 Å². The third kappa shape index (κ3) is 3.96. The van der Waals surface area contributed by atoms with E-state index >= 15 is 0 Å². The van der Waals surface area contributed by atoms with E-state index in [1.807, 2.05) is 67.6 Å². The summed E-state index contributed by atoms with van der Waals surface area (Å²) in [6.07, 6.45) is 0.929. The summed E-state index contributed by atoms with van der Waals surface area (Å²) in [5.41, 5.74) is 5.20. The van der Waals surface area contributed by atoms with Gasteiger partial charge in [-0.1, -0.05) is 55.0 Å². The van der Waals surface area contributed by atoms with Crippen LogP contribution in [0.5, 0.6) is 11.5 Å². The number of amides is 2. The van der Waals surface area contributed by atoms with E-state index in [4.69, 9.17) is 9.47 Å². The molecule has 0 saturated heterocycles. The lowest BCUT2D eigenvalue weighted by molar-refractivity contribution is -0.137. The van der Waals surface area contributed by atoms with E-state index in [1.165, 1.54) is 10.5 Å². The molecule has 3 aromatic carbocycles. The molecule has 6 heteroatoms. The minimum absolute atomic E-state index is 0.142. The highest BCUT2D eigenvalue weighted by Gasteiger charge is 2.39. The Labute approximate surface area is 192 Å². The number of ether oxygens (including phenoxy) is 2. The fourth-order valence-corrected chi connectivity index (χ4v) is 4.01. The van der Waals surface area contributed by atoms with Crippen molar-refractivity contribution in [2.75, 3.05) is 12.1 Å². The predicted octanol–water partition coefficient (Wildman–Crippen LogP) is 4.68. The van der Waals surface area contributed by atoms with Gasteiger partial charge in [-0.15, -0.1) is 0 Å². The number of carbonyl (C=O) groups excluding carboxylic acids is 2. The third-order valence-corrected chi connectivity index (χ3v) is 5.92. The molecular formula is C27H24N2O4. The van der Waals surface area contributed by atoms with Crippen LogP contribution in [0, 0.1) is 6.92 Å². The normalized spacial score (nSPS) is 14.9. The van der Waals surface area contributed by atoms with Crippen LogP contribution in [0.1, 0.15) is 29.2 Å². The summed E-state index contributed by atoms with van der Waals surface area (Å²) < 4.78 is 10.8. The standard InChI is InChI=1S/C27H24N2O4/c1-3-18-6-11-21(12-7-18)28-25-24(20-9-4-17(2)5-10-20)26(30)29(27(25)31)15-19-8-13-22-23(14-19)33-16-32-22/h4-14,28H,3,15-16H2,1-2H3. The van der Waals surface area contributed by atoms with Crippen LogP contribution in [-0.4, -0.2) is 23.5 Å². The minimum atomic E-state index is -0.354. The van der Waals surface area contributed by atoms with Crippen LogP contribution < -0.4 is 14.8 Å². The molecule has 2 aliphatic heterocycles. The van der Waals surface area contributed by atoms with Gasteiger partial charge in [-0.2, -0.15) is 0 Å². The number of benzene rings is 3. The van der Waals surface area contributed by atoms with Crippen molar-refractivity contribution in [2.45, 2.75) is 26.8 Å². The Morgan fingerprint density at radius 3 is 2.27 bits per heavy atom. The van der Waals surface area contributed by atoms with Crippen molar-refractivity contribution in [3.05, 3.63) is 94.7 Å². The molecule has 0 fully saturated rings. The van der Waals surface area contributed by atoms with E-state index < -0.39 is 0 Å². The molecule has 6 nitrogen and oxygen atoms in total.